The Labute approximate surface area is 111 Å². The van der Waals surface area contributed by atoms with Crippen LogP contribution < -0.4 is 5.32 Å². The molecule has 2 rings (SSSR count). The van der Waals surface area contributed by atoms with E-state index in [-0.39, 0.29) is 6.04 Å². The topological polar surface area (TPSA) is 12.0 Å². The molecular weight excluding hydrogens is 250 g/mol. The lowest BCUT2D eigenvalue weighted by Gasteiger charge is -2.18. The first kappa shape index (κ1) is 12.6. The molecule has 1 unspecified atom stereocenters. The third kappa shape index (κ3) is 2.89. The van der Waals surface area contributed by atoms with Crippen LogP contribution in [0.1, 0.15) is 29.0 Å². The van der Waals surface area contributed by atoms with Crippen LogP contribution in [0.15, 0.2) is 35.7 Å². The van der Waals surface area contributed by atoms with Crippen LogP contribution in [0.25, 0.3) is 0 Å². The summed E-state index contributed by atoms with van der Waals surface area (Å²) in [6.45, 7) is 5.16. The molecule has 0 aliphatic carbocycles. The highest BCUT2D eigenvalue weighted by Crippen LogP contribution is 2.30. The quantitative estimate of drug-likeness (QED) is 0.864. The summed E-state index contributed by atoms with van der Waals surface area (Å²) in [5.74, 6) is 0. The zero-order valence-electron chi connectivity index (χ0n) is 10.0. The lowest BCUT2D eigenvalue weighted by molar-refractivity contribution is 0.632. The normalized spacial score (nSPS) is 12.6. The van der Waals surface area contributed by atoms with Gasteiger partial charge in [-0.25, -0.2) is 0 Å². The van der Waals surface area contributed by atoms with Crippen LogP contribution in [0.5, 0.6) is 0 Å². The van der Waals surface area contributed by atoms with Crippen molar-refractivity contribution in [3.8, 4) is 0 Å². The monoisotopic (exact) mass is 265 g/mol. The third-order valence-electron chi connectivity index (χ3n) is 2.71. The van der Waals surface area contributed by atoms with Crippen LogP contribution in [0.2, 0.25) is 5.02 Å². The van der Waals surface area contributed by atoms with E-state index in [1.165, 1.54) is 10.4 Å². The molecule has 0 radical (unpaired) electrons. The zero-order valence-corrected chi connectivity index (χ0v) is 11.6. The number of nitrogens with one attached hydrogen (secondary N) is 1. The molecule has 1 aromatic carbocycles. The second kappa shape index (κ2) is 5.67. The SMILES string of the molecule is CCNC(c1csc(C)c1)c1ccccc1Cl. The number of thiophene rings is 1. The van der Waals surface area contributed by atoms with Crippen molar-refractivity contribution >= 4 is 22.9 Å². The van der Waals surface area contributed by atoms with Gasteiger partial charge in [0.15, 0.2) is 0 Å². The van der Waals surface area contributed by atoms with E-state index < -0.39 is 0 Å². The smallest absolute Gasteiger partial charge is 0.0599 e. The van der Waals surface area contributed by atoms with E-state index in [0.29, 0.717) is 0 Å². The lowest BCUT2D eigenvalue weighted by atomic mass is 10.0. The number of hydrogen-bond donors (Lipinski definition) is 1. The van der Waals surface area contributed by atoms with Gasteiger partial charge in [-0.05, 0) is 42.1 Å². The fraction of sp³-hybridized carbons (Fsp3) is 0.286. The molecule has 1 N–H and O–H groups in total. The van der Waals surface area contributed by atoms with Crippen molar-refractivity contribution in [1.29, 1.82) is 0 Å². The molecule has 0 amide bonds. The van der Waals surface area contributed by atoms with Gasteiger partial charge in [0.25, 0.3) is 0 Å². The summed E-state index contributed by atoms with van der Waals surface area (Å²) in [5, 5.41) is 6.51. The number of benzene rings is 1. The molecule has 1 nitrogen and oxygen atoms in total. The third-order valence-corrected chi connectivity index (χ3v) is 3.93. The van der Waals surface area contributed by atoms with Crippen LogP contribution >= 0.6 is 22.9 Å². The summed E-state index contributed by atoms with van der Waals surface area (Å²) in [7, 11) is 0. The molecule has 1 heterocycles. The Morgan fingerprint density at radius 1 is 1.35 bits per heavy atom. The van der Waals surface area contributed by atoms with E-state index in [1.54, 1.807) is 11.3 Å². The average Bonchev–Trinajstić information content (AvgIpc) is 2.74. The molecule has 17 heavy (non-hydrogen) atoms. The first-order valence-corrected chi connectivity index (χ1v) is 7.01. The van der Waals surface area contributed by atoms with Crippen molar-refractivity contribution in [3.63, 3.8) is 0 Å². The standard InChI is InChI=1S/C14H16ClNS/c1-3-16-14(11-8-10(2)17-9-11)12-6-4-5-7-13(12)15/h4-9,14,16H,3H2,1-2H3. The number of hydrogen-bond acceptors (Lipinski definition) is 2. The van der Waals surface area contributed by atoms with E-state index in [0.717, 1.165) is 17.1 Å². The maximum absolute atomic E-state index is 6.27. The number of aryl methyl sites for hydroxylation is 1. The Morgan fingerprint density at radius 3 is 2.71 bits per heavy atom. The maximum Gasteiger partial charge on any atom is 0.0599 e. The van der Waals surface area contributed by atoms with Gasteiger partial charge >= 0.3 is 0 Å². The molecule has 90 valence electrons. The summed E-state index contributed by atoms with van der Waals surface area (Å²) in [4.78, 5) is 1.33. The molecule has 0 saturated heterocycles. The van der Waals surface area contributed by atoms with Crippen LogP contribution in [-0.2, 0) is 0 Å². The first-order valence-electron chi connectivity index (χ1n) is 5.75. The van der Waals surface area contributed by atoms with Gasteiger partial charge in [0.05, 0.1) is 6.04 Å². The molecule has 2 aromatic rings. The summed E-state index contributed by atoms with van der Waals surface area (Å²) < 4.78 is 0. The predicted molar refractivity (Wildman–Crippen MR) is 76.0 cm³/mol. The van der Waals surface area contributed by atoms with Gasteiger partial charge in [-0.1, -0.05) is 36.7 Å². The largest absolute Gasteiger partial charge is 0.306 e. The van der Waals surface area contributed by atoms with Gasteiger partial charge in [-0.3, -0.25) is 0 Å². The summed E-state index contributed by atoms with van der Waals surface area (Å²) in [6.07, 6.45) is 0. The van der Waals surface area contributed by atoms with Gasteiger partial charge in [0.2, 0.25) is 0 Å². The molecule has 1 atom stereocenters. The minimum Gasteiger partial charge on any atom is -0.306 e. The van der Waals surface area contributed by atoms with Crippen LogP contribution in [0.4, 0.5) is 0 Å². The average molecular weight is 266 g/mol. The highest BCUT2D eigenvalue weighted by Gasteiger charge is 2.16. The Morgan fingerprint density at radius 2 is 2.12 bits per heavy atom. The molecule has 0 aliphatic heterocycles. The second-order valence-electron chi connectivity index (χ2n) is 4.00. The van der Waals surface area contributed by atoms with E-state index in [1.807, 2.05) is 18.2 Å². The van der Waals surface area contributed by atoms with E-state index in [4.69, 9.17) is 11.6 Å². The van der Waals surface area contributed by atoms with Crippen LogP contribution in [0.3, 0.4) is 0 Å². The zero-order chi connectivity index (χ0) is 12.3. The minimum atomic E-state index is 0.193. The maximum atomic E-state index is 6.27. The van der Waals surface area contributed by atoms with Gasteiger partial charge < -0.3 is 5.32 Å². The molecule has 0 fully saturated rings. The van der Waals surface area contributed by atoms with E-state index in [2.05, 4.69) is 36.7 Å². The fourth-order valence-corrected chi connectivity index (χ4v) is 2.91. The Hall–Kier alpha value is -0.830. The van der Waals surface area contributed by atoms with Gasteiger partial charge in [-0.2, -0.15) is 0 Å². The fourth-order valence-electron chi connectivity index (χ4n) is 1.94. The Balaban J connectivity index is 2.39. The highest BCUT2D eigenvalue weighted by molar-refractivity contribution is 7.10. The van der Waals surface area contributed by atoms with Crippen molar-refractivity contribution in [2.24, 2.45) is 0 Å². The van der Waals surface area contributed by atoms with Crippen molar-refractivity contribution in [2.45, 2.75) is 19.9 Å². The second-order valence-corrected chi connectivity index (χ2v) is 5.53. The number of rotatable bonds is 4. The summed E-state index contributed by atoms with van der Waals surface area (Å²) in [6, 6.07) is 10.4. The summed E-state index contributed by atoms with van der Waals surface area (Å²) >= 11 is 8.05. The highest BCUT2D eigenvalue weighted by atomic mass is 35.5. The number of halogens is 1. The van der Waals surface area contributed by atoms with Gasteiger partial charge in [0.1, 0.15) is 0 Å². The minimum absolute atomic E-state index is 0.193. The molecule has 0 aliphatic rings. The molecule has 0 bridgehead atoms. The summed E-state index contributed by atoms with van der Waals surface area (Å²) in [5.41, 5.74) is 2.44. The van der Waals surface area contributed by atoms with E-state index >= 15 is 0 Å². The Kier molecular flexibility index (Phi) is 4.21. The van der Waals surface area contributed by atoms with Gasteiger partial charge in [-0.15, -0.1) is 11.3 Å². The first-order chi connectivity index (χ1) is 8.22. The Bertz CT molecular complexity index is 492. The van der Waals surface area contributed by atoms with Gasteiger partial charge in [0, 0.05) is 9.90 Å². The van der Waals surface area contributed by atoms with Crippen molar-refractivity contribution in [1.82, 2.24) is 5.32 Å². The molecule has 0 saturated carbocycles. The van der Waals surface area contributed by atoms with Crippen molar-refractivity contribution < 1.29 is 0 Å². The van der Waals surface area contributed by atoms with Crippen molar-refractivity contribution in [2.75, 3.05) is 6.54 Å². The molecule has 3 heteroatoms. The van der Waals surface area contributed by atoms with E-state index in [9.17, 15) is 0 Å². The van der Waals surface area contributed by atoms with Crippen LogP contribution in [0, 0.1) is 6.92 Å². The molecule has 1 aromatic heterocycles. The predicted octanol–water partition coefficient (Wildman–Crippen LogP) is 4.41. The lowest BCUT2D eigenvalue weighted by Crippen LogP contribution is -2.21. The van der Waals surface area contributed by atoms with Crippen LogP contribution in [-0.4, -0.2) is 6.54 Å². The molecule has 0 spiro atoms. The molecular formula is C14H16ClNS. The van der Waals surface area contributed by atoms with Crippen molar-refractivity contribution in [3.05, 3.63) is 56.7 Å².